The average molecular weight is 534 g/mol. The molecule has 0 spiro atoms. The molecule has 6 nitrogen and oxygen atoms in total. The van der Waals surface area contributed by atoms with Gasteiger partial charge >= 0.3 is 6.09 Å². The maximum Gasteiger partial charge on any atom is 0.407 e. The summed E-state index contributed by atoms with van der Waals surface area (Å²) >= 11 is 1.63. The summed E-state index contributed by atoms with van der Waals surface area (Å²) in [7, 11) is 0. The number of ether oxygens (including phenoxy) is 1. The number of pyridine rings is 1. The third-order valence-electron chi connectivity index (χ3n) is 5.94. The molecule has 1 aromatic heterocycles. The predicted octanol–water partition coefficient (Wildman–Crippen LogP) is 6.98. The van der Waals surface area contributed by atoms with Gasteiger partial charge in [-0.15, -0.1) is 11.8 Å². The number of carbonyl (C=O) groups excluding carboxylic acids is 2. The van der Waals surface area contributed by atoms with E-state index >= 15 is 0 Å². The van der Waals surface area contributed by atoms with Gasteiger partial charge in [0, 0.05) is 39.7 Å². The highest BCUT2D eigenvalue weighted by Gasteiger charge is 2.22. The van der Waals surface area contributed by atoms with Crippen LogP contribution < -0.4 is 11.1 Å². The van der Waals surface area contributed by atoms with Crippen LogP contribution in [0.5, 0.6) is 0 Å². The first-order chi connectivity index (χ1) is 17.8. The Morgan fingerprint density at radius 3 is 2.34 bits per heavy atom. The van der Waals surface area contributed by atoms with E-state index in [2.05, 4.69) is 50.4 Å². The fourth-order valence-corrected chi connectivity index (χ4v) is 5.25. The van der Waals surface area contributed by atoms with E-state index in [1.165, 1.54) is 5.56 Å². The molecule has 0 saturated heterocycles. The maximum absolute atomic E-state index is 12.6. The molecule has 2 amide bonds. The van der Waals surface area contributed by atoms with Crippen molar-refractivity contribution in [1.82, 2.24) is 10.3 Å². The number of nitrogens with one attached hydrogen (secondary N) is 1. The van der Waals surface area contributed by atoms with Crippen molar-refractivity contribution in [2.24, 2.45) is 11.7 Å². The molecule has 0 radical (unpaired) electrons. The minimum Gasteiger partial charge on any atom is -0.444 e. The largest absolute Gasteiger partial charge is 0.444 e. The van der Waals surface area contributed by atoms with E-state index in [9.17, 15) is 9.59 Å². The van der Waals surface area contributed by atoms with Crippen LogP contribution >= 0.6 is 11.8 Å². The first-order valence-corrected chi connectivity index (χ1v) is 13.9. The third kappa shape index (κ3) is 8.09. The molecule has 2 aromatic carbocycles. The van der Waals surface area contributed by atoms with Gasteiger partial charge in [0.05, 0.1) is 0 Å². The molecule has 3 N–H and O–H groups in total. The average Bonchev–Trinajstić information content (AvgIpc) is 2.81. The fraction of sp³-hybridized carbons (Fsp3) is 0.387. The van der Waals surface area contributed by atoms with Crippen LogP contribution in [0, 0.1) is 19.8 Å². The quantitative estimate of drug-likeness (QED) is 0.289. The molecule has 3 aromatic rings. The highest BCUT2D eigenvalue weighted by molar-refractivity contribution is 7.98. The van der Waals surface area contributed by atoms with Crippen LogP contribution in [-0.4, -0.2) is 22.6 Å². The molecule has 3 rings (SSSR count). The zero-order valence-corrected chi connectivity index (χ0v) is 24.3. The van der Waals surface area contributed by atoms with Crippen LogP contribution in [0.15, 0.2) is 53.4 Å². The van der Waals surface area contributed by atoms with Crippen LogP contribution in [0.25, 0.3) is 11.1 Å². The summed E-state index contributed by atoms with van der Waals surface area (Å²) in [6.45, 7) is 14.3. The first kappa shape index (κ1) is 29.2. The second-order valence-corrected chi connectivity index (χ2v) is 12.0. The Kier molecular flexibility index (Phi) is 9.60. The summed E-state index contributed by atoms with van der Waals surface area (Å²) in [4.78, 5) is 30.3. The van der Waals surface area contributed by atoms with Crippen molar-refractivity contribution in [3.63, 3.8) is 0 Å². The highest BCUT2D eigenvalue weighted by atomic mass is 32.2. The molecule has 1 heterocycles. The Morgan fingerprint density at radius 1 is 1.05 bits per heavy atom. The second-order valence-electron chi connectivity index (χ2n) is 11.0. The molecule has 0 saturated carbocycles. The molecule has 0 fully saturated rings. The first-order valence-electron chi connectivity index (χ1n) is 12.9. The second kappa shape index (κ2) is 12.5. The molecule has 202 valence electrons. The van der Waals surface area contributed by atoms with Crippen molar-refractivity contribution in [3.8, 4) is 11.1 Å². The van der Waals surface area contributed by atoms with Gasteiger partial charge < -0.3 is 15.8 Å². The lowest BCUT2D eigenvalue weighted by atomic mass is 9.90. The van der Waals surface area contributed by atoms with Gasteiger partial charge in [-0.1, -0.05) is 49.7 Å². The van der Waals surface area contributed by atoms with Crippen molar-refractivity contribution in [2.45, 2.75) is 77.7 Å². The van der Waals surface area contributed by atoms with E-state index in [-0.39, 0.29) is 0 Å². The third-order valence-corrected chi connectivity index (χ3v) is 6.96. The number of amides is 2. The zero-order chi connectivity index (χ0) is 28.0. The molecule has 0 bridgehead atoms. The fourth-order valence-electron chi connectivity index (χ4n) is 4.21. The number of nitrogens with zero attached hydrogens (tertiary/aromatic N) is 1. The number of primary amides is 1. The number of benzene rings is 2. The number of hydrogen-bond acceptors (Lipinski definition) is 5. The molecule has 0 aliphatic heterocycles. The molecule has 0 unspecified atom stereocenters. The van der Waals surface area contributed by atoms with Crippen LogP contribution in [-0.2, 0) is 23.5 Å². The zero-order valence-electron chi connectivity index (χ0n) is 23.5. The van der Waals surface area contributed by atoms with Crippen LogP contribution in [0.3, 0.4) is 0 Å². The Bertz CT molecular complexity index is 1290. The van der Waals surface area contributed by atoms with Gasteiger partial charge in [0.15, 0.2) is 0 Å². The summed E-state index contributed by atoms with van der Waals surface area (Å²) in [6, 6.07) is 15.8. The Labute approximate surface area is 230 Å². The van der Waals surface area contributed by atoms with Gasteiger partial charge in [-0.2, -0.15) is 0 Å². The Hall–Kier alpha value is -3.32. The highest BCUT2D eigenvalue weighted by Crippen LogP contribution is 2.36. The van der Waals surface area contributed by atoms with Gasteiger partial charge in [-0.05, 0) is 81.8 Å². The normalized spacial score (nSPS) is 11.5. The number of rotatable bonds is 9. The van der Waals surface area contributed by atoms with Gasteiger partial charge in [0.25, 0.3) is 0 Å². The van der Waals surface area contributed by atoms with Crippen molar-refractivity contribution in [2.75, 3.05) is 0 Å². The van der Waals surface area contributed by atoms with Gasteiger partial charge in [-0.3, -0.25) is 9.78 Å². The van der Waals surface area contributed by atoms with Crippen LogP contribution in [0.1, 0.15) is 73.1 Å². The number of nitrogens with two attached hydrogens (primary N) is 1. The van der Waals surface area contributed by atoms with Crippen molar-refractivity contribution in [1.29, 1.82) is 0 Å². The molecule has 0 atom stereocenters. The number of hydrogen-bond donors (Lipinski definition) is 2. The molecule has 38 heavy (non-hydrogen) atoms. The molecular weight excluding hydrogens is 494 g/mol. The molecule has 0 aliphatic carbocycles. The van der Waals surface area contributed by atoms with E-state index in [1.807, 2.05) is 45.9 Å². The van der Waals surface area contributed by atoms with E-state index < -0.39 is 17.6 Å². The lowest BCUT2D eigenvalue weighted by Gasteiger charge is -2.23. The Balaban J connectivity index is 2.10. The maximum atomic E-state index is 12.6. The van der Waals surface area contributed by atoms with Crippen LogP contribution in [0.4, 0.5) is 4.79 Å². The number of aryl methyl sites for hydroxylation is 2. The molecule has 0 aliphatic rings. The summed E-state index contributed by atoms with van der Waals surface area (Å²) in [5.74, 6) is 0.593. The van der Waals surface area contributed by atoms with E-state index in [1.54, 1.807) is 17.8 Å². The topological polar surface area (TPSA) is 94.3 Å². The molecular formula is C31H39N3O3S. The van der Waals surface area contributed by atoms with Crippen molar-refractivity contribution < 1.29 is 14.3 Å². The Morgan fingerprint density at radius 2 is 1.74 bits per heavy atom. The number of alkyl carbamates (subject to hydrolysis) is 1. The van der Waals surface area contributed by atoms with Crippen molar-refractivity contribution >= 4 is 23.8 Å². The van der Waals surface area contributed by atoms with E-state index in [0.29, 0.717) is 23.8 Å². The summed E-state index contributed by atoms with van der Waals surface area (Å²) in [5.41, 5.74) is 12.8. The minimum atomic E-state index is -0.586. The predicted molar refractivity (Wildman–Crippen MR) is 155 cm³/mol. The van der Waals surface area contributed by atoms with Gasteiger partial charge in [0.1, 0.15) is 5.60 Å². The standard InChI is InChI=1S/C31H39N3O3S/c1-19(2)15-27-25(17-33-30(36)37-31(5,6)7)28(22-13-11-20(3)12-14-22)26(21(4)34-27)18-38-24-10-8-9-23(16-24)29(32)35/h8-14,16,19H,15,17-18H2,1-7H3,(H2,32,35)(H,33,36). The van der Waals surface area contributed by atoms with Gasteiger partial charge in [0.2, 0.25) is 5.91 Å². The number of thioether (sulfide) groups is 1. The minimum absolute atomic E-state index is 0.308. The summed E-state index contributed by atoms with van der Waals surface area (Å²) in [6.07, 6.45) is 0.335. The van der Waals surface area contributed by atoms with E-state index in [4.69, 9.17) is 15.5 Å². The van der Waals surface area contributed by atoms with Crippen LogP contribution in [0.2, 0.25) is 0 Å². The SMILES string of the molecule is Cc1ccc(-c2c(CSc3cccc(C(N)=O)c3)c(C)nc(CC(C)C)c2CNC(=O)OC(C)(C)C)cc1. The number of aromatic nitrogens is 1. The lowest BCUT2D eigenvalue weighted by Crippen LogP contribution is -2.32. The smallest absolute Gasteiger partial charge is 0.407 e. The van der Waals surface area contributed by atoms with Crippen molar-refractivity contribution in [3.05, 3.63) is 82.2 Å². The summed E-state index contributed by atoms with van der Waals surface area (Å²) in [5, 5.41) is 2.97. The van der Waals surface area contributed by atoms with Gasteiger partial charge in [-0.25, -0.2) is 4.79 Å². The summed E-state index contributed by atoms with van der Waals surface area (Å²) < 4.78 is 5.52. The molecule has 7 heteroatoms. The van der Waals surface area contributed by atoms with E-state index in [0.717, 1.165) is 45.0 Å². The lowest BCUT2D eigenvalue weighted by molar-refractivity contribution is 0.0523. The monoisotopic (exact) mass is 533 g/mol. The number of carbonyl (C=O) groups is 2.